The Morgan fingerprint density at radius 3 is 2.87 bits per heavy atom. The highest BCUT2D eigenvalue weighted by Gasteiger charge is 2.04. The molecular weight excluding hydrogens is 208 g/mol. The number of thiophene rings is 1. The lowest BCUT2D eigenvalue weighted by Crippen LogP contribution is -2.34. The van der Waals surface area contributed by atoms with Gasteiger partial charge in [0.05, 0.1) is 0 Å². The van der Waals surface area contributed by atoms with Crippen molar-refractivity contribution in [2.24, 2.45) is 5.92 Å². The average Bonchev–Trinajstić information content (AvgIpc) is 2.69. The number of amides is 1. The Bertz CT molecular complexity index is 283. The highest BCUT2D eigenvalue weighted by molar-refractivity contribution is 7.07. The third-order valence-corrected chi connectivity index (χ3v) is 2.77. The van der Waals surface area contributed by atoms with Crippen molar-refractivity contribution in [2.75, 3.05) is 13.1 Å². The summed E-state index contributed by atoms with van der Waals surface area (Å²) in [5.74, 6) is 0.189. The molecular formula is C11H18N2OS. The van der Waals surface area contributed by atoms with Crippen LogP contribution in [0.3, 0.4) is 0 Å². The van der Waals surface area contributed by atoms with E-state index in [0.717, 1.165) is 13.1 Å². The van der Waals surface area contributed by atoms with Crippen LogP contribution in [-0.2, 0) is 11.3 Å². The predicted octanol–water partition coefficient (Wildman–Crippen LogP) is 1.61. The maximum absolute atomic E-state index is 11.2. The van der Waals surface area contributed by atoms with Gasteiger partial charge in [-0.3, -0.25) is 4.79 Å². The van der Waals surface area contributed by atoms with Crippen LogP contribution in [0.1, 0.15) is 19.4 Å². The normalized spacial score (nSPS) is 10.6. The molecule has 0 spiro atoms. The van der Waals surface area contributed by atoms with E-state index < -0.39 is 0 Å². The van der Waals surface area contributed by atoms with Crippen LogP contribution in [0.5, 0.6) is 0 Å². The summed E-state index contributed by atoms with van der Waals surface area (Å²) in [6.45, 7) is 6.18. The summed E-state index contributed by atoms with van der Waals surface area (Å²) in [5.41, 5.74) is 1.30. The van der Waals surface area contributed by atoms with Crippen LogP contribution in [0.15, 0.2) is 16.8 Å². The molecule has 84 valence electrons. The van der Waals surface area contributed by atoms with E-state index in [2.05, 4.69) is 27.5 Å². The van der Waals surface area contributed by atoms with E-state index >= 15 is 0 Å². The van der Waals surface area contributed by atoms with E-state index in [9.17, 15) is 4.79 Å². The quantitative estimate of drug-likeness (QED) is 0.724. The average molecular weight is 226 g/mol. The molecule has 0 unspecified atom stereocenters. The van der Waals surface area contributed by atoms with Crippen LogP contribution in [0.25, 0.3) is 0 Å². The zero-order valence-electron chi connectivity index (χ0n) is 9.25. The monoisotopic (exact) mass is 226 g/mol. The van der Waals surface area contributed by atoms with Gasteiger partial charge in [-0.05, 0) is 22.4 Å². The highest BCUT2D eigenvalue weighted by atomic mass is 32.1. The smallest absolute Gasteiger partial charge is 0.222 e. The number of carbonyl (C=O) groups excluding carboxylic acids is 1. The summed E-state index contributed by atoms with van der Waals surface area (Å²) in [4.78, 5) is 11.2. The third kappa shape index (κ3) is 4.95. The largest absolute Gasteiger partial charge is 0.355 e. The first-order valence-corrected chi connectivity index (χ1v) is 6.14. The van der Waals surface area contributed by atoms with Crippen LogP contribution in [0, 0.1) is 5.92 Å². The highest BCUT2D eigenvalue weighted by Crippen LogP contribution is 2.04. The Kier molecular flexibility index (Phi) is 5.36. The van der Waals surface area contributed by atoms with Gasteiger partial charge in [-0.1, -0.05) is 13.8 Å². The Labute approximate surface area is 94.9 Å². The molecule has 1 aromatic heterocycles. The van der Waals surface area contributed by atoms with Gasteiger partial charge in [-0.25, -0.2) is 0 Å². The molecule has 4 heteroatoms. The molecule has 0 aliphatic carbocycles. The second-order valence-electron chi connectivity index (χ2n) is 3.75. The fourth-order valence-corrected chi connectivity index (χ4v) is 1.77. The van der Waals surface area contributed by atoms with Gasteiger partial charge in [0.25, 0.3) is 0 Å². The number of nitrogens with one attached hydrogen (secondary N) is 2. The molecule has 1 aromatic rings. The predicted molar refractivity (Wildman–Crippen MR) is 63.9 cm³/mol. The fourth-order valence-electron chi connectivity index (χ4n) is 1.10. The van der Waals surface area contributed by atoms with Crippen LogP contribution < -0.4 is 10.6 Å². The van der Waals surface area contributed by atoms with E-state index in [1.807, 2.05) is 13.8 Å². The second kappa shape index (κ2) is 6.58. The number of hydrogen-bond donors (Lipinski definition) is 2. The Morgan fingerprint density at radius 2 is 2.27 bits per heavy atom. The third-order valence-electron chi connectivity index (χ3n) is 2.03. The van der Waals surface area contributed by atoms with Gasteiger partial charge in [0.1, 0.15) is 0 Å². The van der Waals surface area contributed by atoms with Gasteiger partial charge in [-0.2, -0.15) is 11.3 Å². The van der Waals surface area contributed by atoms with Gasteiger partial charge in [-0.15, -0.1) is 0 Å². The summed E-state index contributed by atoms with van der Waals surface area (Å²) < 4.78 is 0. The SMILES string of the molecule is CC(C)C(=O)NCCNCc1ccsc1. The van der Waals surface area contributed by atoms with Gasteiger partial charge in [0, 0.05) is 25.6 Å². The van der Waals surface area contributed by atoms with Gasteiger partial charge >= 0.3 is 0 Å². The molecule has 3 nitrogen and oxygen atoms in total. The molecule has 0 saturated carbocycles. The maximum atomic E-state index is 11.2. The number of rotatable bonds is 6. The first-order chi connectivity index (χ1) is 7.20. The zero-order valence-corrected chi connectivity index (χ0v) is 10.1. The van der Waals surface area contributed by atoms with Gasteiger partial charge in [0.15, 0.2) is 0 Å². The summed E-state index contributed by atoms with van der Waals surface area (Å²) in [5, 5.41) is 10.3. The second-order valence-corrected chi connectivity index (χ2v) is 4.53. The van der Waals surface area contributed by atoms with E-state index in [1.165, 1.54) is 5.56 Å². The Balaban J connectivity index is 2.00. The van der Waals surface area contributed by atoms with Crippen molar-refractivity contribution >= 4 is 17.2 Å². The van der Waals surface area contributed by atoms with Crippen LogP contribution in [0.2, 0.25) is 0 Å². The summed E-state index contributed by atoms with van der Waals surface area (Å²) >= 11 is 1.70. The number of hydrogen-bond acceptors (Lipinski definition) is 3. The lowest BCUT2D eigenvalue weighted by Gasteiger charge is -2.07. The maximum Gasteiger partial charge on any atom is 0.222 e. The summed E-state index contributed by atoms with van der Waals surface area (Å²) in [7, 11) is 0. The molecule has 0 aliphatic rings. The van der Waals surface area contributed by atoms with Crippen LogP contribution in [-0.4, -0.2) is 19.0 Å². The topological polar surface area (TPSA) is 41.1 Å². The minimum absolute atomic E-state index is 0.0712. The number of carbonyl (C=O) groups is 1. The molecule has 15 heavy (non-hydrogen) atoms. The van der Waals surface area contributed by atoms with Gasteiger partial charge in [0.2, 0.25) is 5.91 Å². The Hall–Kier alpha value is -0.870. The first kappa shape index (κ1) is 12.2. The molecule has 1 rings (SSSR count). The summed E-state index contributed by atoms with van der Waals surface area (Å²) in [6, 6.07) is 2.10. The molecule has 1 heterocycles. The van der Waals surface area contributed by atoms with Crippen molar-refractivity contribution in [3.63, 3.8) is 0 Å². The van der Waals surface area contributed by atoms with Gasteiger partial charge < -0.3 is 10.6 Å². The molecule has 0 atom stereocenters. The van der Waals surface area contributed by atoms with Crippen LogP contribution in [0.4, 0.5) is 0 Å². The van der Waals surface area contributed by atoms with E-state index in [0.29, 0.717) is 6.54 Å². The van der Waals surface area contributed by atoms with Crippen molar-refractivity contribution < 1.29 is 4.79 Å². The lowest BCUT2D eigenvalue weighted by atomic mass is 10.2. The zero-order chi connectivity index (χ0) is 11.1. The Morgan fingerprint density at radius 1 is 1.47 bits per heavy atom. The molecule has 0 bridgehead atoms. The molecule has 2 N–H and O–H groups in total. The molecule has 0 radical (unpaired) electrons. The molecule has 0 saturated heterocycles. The summed E-state index contributed by atoms with van der Waals surface area (Å²) in [6.07, 6.45) is 0. The molecule has 0 aromatic carbocycles. The molecule has 0 fully saturated rings. The van der Waals surface area contributed by atoms with Crippen molar-refractivity contribution in [3.05, 3.63) is 22.4 Å². The van der Waals surface area contributed by atoms with Crippen LogP contribution >= 0.6 is 11.3 Å². The lowest BCUT2D eigenvalue weighted by molar-refractivity contribution is -0.123. The van der Waals surface area contributed by atoms with E-state index in [4.69, 9.17) is 0 Å². The minimum atomic E-state index is 0.0712. The van der Waals surface area contributed by atoms with Crippen molar-refractivity contribution in [1.82, 2.24) is 10.6 Å². The van der Waals surface area contributed by atoms with E-state index in [-0.39, 0.29) is 11.8 Å². The van der Waals surface area contributed by atoms with Crippen molar-refractivity contribution in [1.29, 1.82) is 0 Å². The van der Waals surface area contributed by atoms with Crippen molar-refractivity contribution in [3.8, 4) is 0 Å². The molecule has 0 aliphatic heterocycles. The van der Waals surface area contributed by atoms with E-state index in [1.54, 1.807) is 11.3 Å². The fraction of sp³-hybridized carbons (Fsp3) is 0.545. The molecule has 1 amide bonds. The van der Waals surface area contributed by atoms with Crippen molar-refractivity contribution in [2.45, 2.75) is 20.4 Å². The first-order valence-electron chi connectivity index (χ1n) is 5.19. The minimum Gasteiger partial charge on any atom is -0.355 e. The standard InChI is InChI=1S/C11H18N2OS/c1-9(2)11(14)13-5-4-12-7-10-3-6-15-8-10/h3,6,8-9,12H,4-5,7H2,1-2H3,(H,13,14).